The molecule has 0 fully saturated rings. The molecule has 0 aliphatic rings. The van der Waals surface area contributed by atoms with E-state index in [-0.39, 0.29) is 5.75 Å². The van der Waals surface area contributed by atoms with E-state index < -0.39 is 15.9 Å². The lowest BCUT2D eigenvalue weighted by Gasteiger charge is -2.15. The van der Waals surface area contributed by atoms with Crippen LogP contribution in [0.3, 0.4) is 0 Å². The van der Waals surface area contributed by atoms with Gasteiger partial charge in [0.15, 0.2) is 0 Å². The van der Waals surface area contributed by atoms with Gasteiger partial charge in [0.05, 0.1) is 5.75 Å². The third kappa shape index (κ3) is 6.05. The number of sulfonamides is 1. The minimum Gasteiger partial charge on any atom is -0.268 e. The molecule has 0 saturated heterocycles. The SMILES string of the molecule is CCCCS(=O)(=O)NC(=O)c1cccc(CC)c1Cc1ccc(-c2ccccc2)cc1. The summed E-state index contributed by atoms with van der Waals surface area (Å²) in [7, 11) is -3.64. The lowest BCUT2D eigenvalue weighted by Crippen LogP contribution is -2.33. The van der Waals surface area contributed by atoms with Crippen LogP contribution >= 0.6 is 0 Å². The lowest BCUT2D eigenvalue weighted by atomic mass is 9.92. The van der Waals surface area contributed by atoms with Gasteiger partial charge in [-0.2, -0.15) is 0 Å². The fraction of sp³-hybridized carbons (Fsp3) is 0.269. The third-order valence-electron chi connectivity index (χ3n) is 5.36. The zero-order valence-corrected chi connectivity index (χ0v) is 18.9. The van der Waals surface area contributed by atoms with Gasteiger partial charge in [0.2, 0.25) is 10.0 Å². The molecule has 0 aromatic heterocycles. The Hall–Kier alpha value is -2.92. The van der Waals surface area contributed by atoms with Crippen molar-refractivity contribution in [3.8, 4) is 11.1 Å². The molecule has 0 bridgehead atoms. The Morgan fingerprint density at radius 2 is 1.52 bits per heavy atom. The molecule has 0 aliphatic heterocycles. The number of aryl methyl sites for hydroxylation is 1. The number of benzene rings is 3. The largest absolute Gasteiger partial charge is 0.268 e. The summed E-state index contributed by atoms with van der Waals surface area (Å²) in [5, 5.41) is 0. The summed E-state index contributed by atoms with van der Waals surface area (Å²) in [5.41, 5.74) is 5.70. The predicted octanol–water partition coefficient (Wildman–Crippen LogP) is 5.37. The van der Waals surface area contributed by atoms with Crippen LogP contribution in [0.25, 0.3) is 11.1 Å². The normalized spacial score (nSPS) is 11.3. The molecular weight excluding hydrogens is 406 g/mol. The molecule has 0 atom stereocenters. The highest BCUT2D eigenvalue weighted by Gasteiger charge is 2.20. The predicted molar refractivity (Wildman–Crippen MR) is 127 cm³/mol. The summed E-state index contributed by atoms with van der Waals surface area (Å²) in [6.45, 7) is 3.96. The smallest absolute Gasteiger partial charge is 0.265 e. The number of unbranched alkanes of at least 4 members (excludes halogenated alkanes) is 1. The van der Waals surface area contributed by atoms with E-state index in [0.717, 1.165) is 40.7 Å². The van der Waals surface area contributed by atoms with Crippen LogP contribution in [0.2, 0.25) is 0 Å². The Kier molecular flexibility index (Phi) is 7.64. The number of hydrogen-bond donors (Lipinski definition) is 1. The molecule has 5 heteroatoms. The van der Waals surface area contributed by atoms with Crippen LogP contribution in [0.4, 0.5) is 0 Å². The van der Waals surface area contributed by atoms with Gasteiger partial charge >= 0.3 is 0 Å². The maximum Gasteiger partial charge on any atom is 0.265 e. The zero-order chi connectivity index (χ0) is 22.3. The van der Waals surface area contributed by atoms with Gasteiger partial charge < -0.3 is 0 Å². The van der Waals surface area contributed by atoms with Gasteiger partial charge in [-0.1, -0.05) is 87.0 Å². The Balaban J connectivity index is 1.86. The first-order valence-corrected chi connectivity index (χ1v) is 12.4. The van der Waals surface area contributed by atoms with Crippen LogP contribution < -0.4 is 4.72 Å². The molecule has 3 aromatic carbocycles. The van der Waals surface area contributed by atoms with E-state index in [2.05, 4.69) is 41.1 Å². The Morgan fingerprint density at radius 1 is 0.839 bits per heavy atom. The first-order chi connectivity index (χ1) is 14.9. The van der Waals surface area contributed by atoms with Crippen molar-refractivity contribution in [3.63, 3.8) is 0 Å². The van der Waals surface area contributed by atoms with Gasteiger partial charge in [-0.05, 0) is 53.1 Å². The average molecular weight is 436 g/mol. The highest BCUT2D eigenvalue weighted by Crippen LogP contribution is 2.23. The molecule has 162 valence electrons. The van der Waals surface area contributed by atoms with Gasteiger partial charge in [-0.15, -0.1) is 0 Å². The standard InChI is InChI=1S/C26H29NO3S/c1-3-5-18-31(29,30)27-26(28)24-13-9-12-21(4-2)25(24)19-20-14-16-23(17-15-20)22-10-7-6-8-11-22/h6-17H,3-5,18-19H2,1-2H3,(H,27,28). The number of carbonyl (C=O) groups is 1. The molecule has 1 amide bonds. The van der Waals surface area contributed by atoms with Gasteiger partial charge in [0.25, 0.3) is 5.91 Å². The number of carbonyl (C=O) groups excluding carboxylic acids is 1. The second-order valence-corrected chi connectivity index (χ2v) is 9.48. The van der Waals surface area contributed by atoms with E-state index in [1.54, 1.807) is 6.07 Å². The third-order valence-corrected chi connectivity index (χ3v) is 6.68. The number of rotatable bonds is 9. The summed E-state index contributed by atoms with van der Waals surface area (Å²) >= 11 is 0. The Labute approximate surface area is 185 Å². The van der Waals surface area contributed by atoms with Crippen molar-refractivity contribution in [2.45, 2.75) is 39.5 Å². The lowest BCUT2D eigenvalue weighted by molar-refractivity contribution is 0.0980. The Morgan fingerprint density at radius 3 is 2.16 bits per heavy atom. The quantitative estimate of drug-likeness (QED) is 0.492. The molecule has 0 radical (unpaired) electrons. The van der Waals surface area contributed by atoms with Crippen molar-refractivity contribution in [2.75, 3.05) is 5.75 Å². The number of amides is 1. The van der Waals surface area contributed by atoms with E-state index in [1.165, 1.54) is 0 Å². The summed E-state index contributed by atoms with van der Waals surface area (Å²) in [6.07, 6.45) is 2.61. The van der Waals surface area contributed by atoms with Gasteiger partial charge in [0, 0.05) is 5.56 Å². The molecule has 0 heterocycles. The molecule has 3 rings (SSSR count). The van der Waals surface area contributed by atoms with E-state index in [4.69, 9.17) is 0 Å². The monoisotopic (exact) mass is 435 g/mol. The number of hydrogen-bond acceptors (Lipinski definition) is 3. The van der Waals surface area contributed by atoms with Gasteiger partial charge in [0.1, 0.15) is 0 Å². The second kappa shape index (κ2) is 10.4. The van der Waals surface area contributed by atoms with Gasteiger partial charge in [-0.3, -0.25) is 4.79 Å². The molecule has 31 heavy (non-hydrogen) atoms. The van der Waals surface area contributed by atoms with Crippen LogP contribution in [0.5, 0.6) is 0 Å². The maximum absolute atomic E-state index is 12.9. The van der Waals surface area contributed by atoms with Crippen LogP contribution in [-0.4, -0.2) is 20.1 Å². The molecule has 1 N–H and O–H groups in total. The van der Waals surface area contributed by atoms with Crippen molar-refractivity contribution in [1.29, 1.82) is 0 Å². The first kappa shape index (κ1) is 22.8. The fourth-order valence-corrected chi connectivity index (χ4v) is 4.78. The van der Waals surface area contributed by atoms with Crippen LogP contribution in [0.1, 0.15) is 53.7 Å². The Bertz CT molecular complexity index is 1120. The van der Waals surface area contributed by atoms with Gasteiger partial charge in [-0.25, -0.2) is 13.1 Å². The van der Waals surface area contributed by atoms with Crippen molar-refractivity contribution in [1.82, 2.24) is 4.72 Å². The summed E-state index contributed by atoms with van der Waals surface area (Å²) in [4.78, 5) is 12.9. The number of nitrogens with one attached hydrogen (secondary N) is 1. The van der Waals surface area contributed by atoms with Crippen molar-refractivity contribution in [3.05, 3.63) is 95.1 Å². The molecule has 0 saturated carbocycles. The van der Waals surface area contributed by atoms with Crippen molar-refractivity contribution < 1.29 is 13.2 Å². The summed E-state index contributed by atoms with van der Waals surface area (Å²) in [5.74, 6) is -0.596. The molecule has 4 nitrogen and oxygen atoms in total. The second-order valence-electron chi connectivity index (χ2n) is 7.64. The van der Waals surface area contributed by atoms with E-state index in [9.17, 15) is 13.2 Å². The highest BCUT2D eigenvalue weighted by molar-refractivity contribution is 7.90. The van der Waals surface area contributed by atoms with Crippen molar-refractivity contribution >= 4 is 15.9 Å². The van der Waals surface area contributed by atoms with Crippen LogP contribution in [-0.2, 0) is 22.9 Å². The molecular formula is C26H29NO3S. The summed E-state index contributed by atoms with van der Waals surface area (Å²) in [6, 6.07) is 24.0. The fourth-order valence-electron chi connectivity index (χ4n) is 3.62. The minimum absolute atomic E-state index is 0.0427. The maximum atomic E-state index is 12.9. The molecule has 3 aromatic rings. The van der Waals surface area contributed by atoms with Crippen LogP contribution in [0, 0.1) is 0 Å². The zero-order valence-electron chi connectivity index (χ0n) is 18.1. The van der Waals surface area contributed by atoms with Crippen molar-refractivity contribution in [2.24, 2.45) is 0 Å². The molecule has 0 unspecified atom stereocenters. The van der Waals surface area contributed by atoms with Crippen LogP contribution in [0.15, 0.2) is 72.8 Å². The minimum atomic E-state index is -3.64. The van der Waals surface area contributed by atoms with E-state index in [1.807, 2.05) is 44.2 Å². The van der Waals surface area contributed by atoms with E-state index in [0.29, 0.717) is 18.4 Å². The topological polar surface area (TPSA) is 63.2 Å². The molecule has 0 spiro atoms. The molecule has 0 aliphatic carbocycles. The highest BCUT2D eigenvalue weighted by atomic mass is 32.2. The summed E-state index contributed by atoms with van der Waals surface area (Å²) < 4.78 is 26.7. The first-order valence-electron chi connectivity index (χ1n) is 10.7. The van der Waals surface area contributed by atoms with E-state index >= 15 is 0 Å². The average Bonchev–Trinajstić information content (AvgIpc) is 2.78.